The highest BCUT2D eigenvalue weighted by Crippen LogP contribution is 2.26. The zero-order chi connectivity index (χ0) is 30.1. The largest absolute Gasteiger partial charge is 0.497 e. The van der Waals surface area contributed by atoms with Crippen molar-refractivity contribution in [2.45, 2.75) is 75.9 Å². The van der Waals surface area contributed by atoms with Crippen molar-refractivity contribution >= 4 is 27.5 Å². The number of aryl methyl sites for hydroxylation is 1. The fourth-order valence-electron chi connectivity index (χ4n) is 5.43. The van der Waals surface area contributed by atoms with Gasteiger partial charge in [-0.05, 0) is 73.7 Å². The zero-order valence-corrected chi connectivity index (χ0v) is 25.5. The maximum atomic E-state index is 14.2. The van der Waals surface area contributed by atoms with Gasteiger partial charge in [-0.15, -0.1) is 0 Å². The second kappa shape index (κ2) is 14.4. The van der Waals surface area contributed by atoms with Crippen molar-refractivity contribution in [2.24, 2.45) is 0 Å². The zero-order valence-electron chi connectivity index (χ0n) is 24.7. The highest BCUT2D eigenvalue weighted by Gasteiger charge is 2.34. The Morgan fingerprint density at radius 3 is 2.19 bits per heavy atom. The van der Waals surface area contributed by atoms with Gasteiger partial charge in [-0.25, -0.2) is 8.42 Å². The first-order valence-corrected chi connectivity index (χ1v) is 16.0. The van der Waals surface area contributed by atoms with E-state index in [9.17, 15) is 18.0 Å². The SMILES string of the molecule is CCC(C(=O)NC1CCCCC1)N(Cc1ccccc1C)C(=O)CN(c1ccccc1)S(=O)(=O)c1ccc(OC)cc1. The van der Waals surface area contributed by atoms with Crippen LogP contribution in [0.5, 0.6) is 5.75 Å². The fourth-order valence-corrected chi connectivity index (χ4v) is 6.85. The maximum Gasteiger partial charge on any atom is 0.264 e. The van der Waals surface area contributed by atoms with E-state index in [1.165, 1.54) is 25.7 Å². The highest BCUT2D eigenvalue weighted by molar-refractivity contribution is 7.92. The topological polar surface area (TPSA) is 96.0 Å². The van der Waals surface area contributed by atoms with Crippen molar-refractivity contribution in [2.75, 3.05) is 18.0 Å². The Labute approximate surface area is 249 Å². The van der Waals surface area contributed by atoms with E-state index in [0.29, 0.717) is 17.9 Å². The Morgan fingerprint density at radius 2 is 1.57 bits per heavy atom. The smallest absolute Gasteiger partial charge is 0.264 e. The number of nitrogens with zero attached hydrogens (tertiary/aromatic N) is 2. The quantitative estimate of drug-likeness (QED) is 0.302. The van der Waals surface area contributed by atoms with Gasteiger partial charge in [0.2, 0.25) is 11.8 Å². The molecule has 0 aromatic heterocycles. The number of carbonyl (C=O) groups is 2. The number of amides is 2. The first kappa shape index (κ1) is 31.1. The van der Waals surface area contributed by atoms with E-state index in [2.05, 4.69) is 5.32 Å². The molecule has 9 heteroatoms. The summed E-state index contributed by atoms with van der Waals surface area (Å²) < 4.78 is 34.3. The van der Waals surface area contributed by atoms with Crippen LogP contribution in [0.2, 0.25) is 0 Å². The van der Waals surface area contributed by atoms with Gasteiger partial charge in [0, 0.05) is 12.6 Å². The Hall–Kier alpha value is -3.85. The van der Waals surface area contributed by atoms with Crippen molar-refractivity contribution in [1.29, 1.82) is 0 Å². The van der Waals surface area contributed by atoms with Crippen LogP contribution in [0.4, 0.5) is 5.69 Å². The Balaban J connectivity index is 1.69. The highest BCUT2D eigenvalue weighted by atomic mass is 32.2. The van der Waals surface area contributed by atoms with Crippen molar-refractivity contribution in [3.05, 3.63) is 90.0 Å². The van der Waals surface area contributed by atoms with Crippen LogP contribution in [0.25, 0.3) is 0 Å². The molecule has 3 aromatic carbocycles. The number of carbonyl (C=O) groups excluding carboxylic acids is 2. The first-order valence-electron chi connectivity index (χ1n) is 14.6. The summed E-state index contributed by atoms with van der Waals surface area (Å²) in [6.45, 7) is 3.57. The van der Waals surface area contributed by atoms with Gasteiger partial charge < -0.3 is 15.0 Å². The second-order valence-electron chi connectivity index (χ2n) is 10.7. The minimum absolute atomic E-state index is 0.0347. The molecule has 0 saturated heterocycles. The number of nitrogens with one attached hydrogen (secondary N) is 1. The molecule has 1 aliphatic rings. The fraction of sp³-hybridized carbons (Fsp3) is 0.394. The van der Waals surface area contributed by atoms with Gasteiger partial charge in [-0.1, -0.05) is 68.7 Å². The van der Waals surface area contributed by atoms with Crippen molar-refractivity contribution in [3.8, 4) is 5.75 Å². The summed E-state index contributed by atoms with van der Waals surface area (Å²) in [6, 6.07) is 21.7. The molecule has 0 aliphatic heterocycles. The number of benzene rings is 3. The van der Waals surface area contributed by atoms with Crippen LogP contribution in [0, 0.1) is 6.92 Å². The summed E-state index contributed by atoms with van der Waals surface area (Å²) >= 11 is 0. The Morgan fingerprint density at radius 1 is 0.929 bits per heavy atom. The molecule has 1 N–H and O–H groups in total. The monoisotopic (exact) mass is 591 g/mol. The summed E-state index contributed by atoms with van der Waals surface area (Å²) in [5.41, 5.74) is 2.25. The molecule has 1 saturated carbocycles. The van der Waals surface area contributed by atoms with E-state index in [-0.39, 0.29) is 23.4 Å². The van der Waals surface area contributed by atoms with Crippen molar-refractivity contribution < 1.29 is 22.7 Å². The van der Waals surface area contributed by atoms with Crippen molar-refractivity contribution in [1.82, 2.24) is 10.2 Å². The molecule has 1 atom stereocenters. The van der Waals surface area contributed by atoms with Gasteiger partial charge in [-0.3, -0.25) is 13.9 Å². The summed E-state index contributed by atoms with van der Waals surface area (Å²) in [5.74, 6) is -0.129. The van der Waals surface area contributed by atoms with Crippen LogP contribution in [0.15, 0.2) is 83.8 Å². The number of hydrogen-bond donors (Lipinski definition) is 1. The summed E-state index contributed by atoms with van der Waals surface area (Å²) in [5, 5.41) is 3.18. The molecule has 1 unspecified atom stereocenters. The minimum atomic E-state index is -4.13. The number of rotatable bonds is 12. The molecule has 0 bridgehead atoms. The van der Waals surface area contributed by atoms with E-state index >= 15 is 0 Å². The van der Waals surface area contributed by atoms with Crippen LogP contribution >= 0.6 is 0 Å². The van der Waals surface area contributed by atoms with Gasteiger partial charge in [-0.2, -0.15) is 0 Å². The van der Waals surface area contributed by atoms with E-state index < -0.39 is 28.5 Å². The van der Waals surface area contributed by atoms with Gasteiger partial charge in [0.05, 0.1) is 17.7 Å². The Kier molecular flexibility index (Phi) is 10.6. The number of para-hydroxylation sites is 1. The molecule has 3 aromatic rings. The molecule has 224 valence electrons. The third-order valence-electron chi connectivity index (χ3n) is 7.91. The van der Waals surface area contributed by atoms with Crippen molar-refractivity contribution in [3.63, 3.8) is 0 Å². The van der Waals surface area contributed by atoms with Gasteiger partial charge in [0.25, 0.3) is 10.0 Å². The van der Waals surface area contributed by atoms with Crippen LogP contribution < -0.4 is 14.4 Å². The second-order valence-corrected chi connectivity index (χ2v) is 12.6. The lowest BCUT2D eigenvalue weighted by atomic mass is 9.95. The summed E-state index contributed by atoms with van der Waals surface area (Å²) in [4.78, 5) is 29.5. The lowest BCUT2D eigenvalue weighted by Gasteiger charge is -2.34. The van der Waals surface area contributed by atoms with Crippen LogP contribution in [-0.2, 0) is 26.2 Å². The number of sulfonamides is 1. The number of hydrogen-bond acceptors (Lipinski definition) is 5. The molecule has 0 spiro atoms. The molecule has 42 heavy (non-hydrogen) atoms. The molecule has 1 aliphatic carbocycles. The third kappa shape index (κ3) is 7.50. The number of anilines is 1. The predicted octanol–water partition coefficient (Wildman–Crippen LogP) is 5.46. The van der Waals surface area contributed by atoms with E-state index in [1.807, 2.05) is 38.1 Å². The first-order chi connectivity index (χ1) is 20.2. The molecule has 2 amide bonds. The third-order valence-corrected chi connectivity index (χ3v) is 9.70. The molecule has 1 fully saturated rings. The number of ether oxygens (including phenoxy) is 1. The predicted molar refractivity (Wildman–Crippen MR) is 165 cm³/mol. The van der Waals surface area contributed by atoms with E-state index in [4.69, 9.17) is 4.74 Å². The van der Waals surface area contributed by atoms with E-state index in [0.717, 1.165) is 41.1 Å². The summed E-state index contributed by atoms with van der Waals surface area (Å²) in [7, 11) is -2.62. The molecule has 8 nitrogen and oxygen atoms in total. The van der Waals surface area contributed by atoms with Gasteiger partial charge in [0.15, 0.2) is 0 Å². The van der Waals surface area contributed by atoms with E-state index in [1.54, 1.807) is 47.4 Å². The molecule has 0 radical (unpaired) electrons. The molecule has 4 rings (SSSR count). The number of methoxy groups -OCH3 is 1. The average molecular weight is 592 g/mol. The standard InChI is InChI=1S/C33H41N3O5S/c1-4-31(33(38)34-27-15-7-5-8-16-27)35(23-26-14-12-11-13-25(26)2)32(37)24-36(28-17-9-6-10-18-28)42(39,40)30-21-19-29(41-3)20-22-30/h6,9-14,17-22,27,31H,4-5,7-8,15-16,23-24H2,1-3H3,(H,34,38). The maximum absolute atomic E-state index is 14.2. The normalized spacial score (nSPS) is 14.5. The van der Waals surface area contributed by atoms with Crippen LogP contribution in [0.3, 0.4) is 0 Å². The molecule has 0 heterocycles. The minimum Gasteiger partial charge on any atom is -0.497 e. The van der Waals surface area contributed by atoms with Crippen LogP contribution in [-0.4, -0.2) is 50.9 Å². The average Bonchev–Trinajstić information content (AvgIpc) is 3.01. The lowest BCUT2D eigenvalue weighted by Crippen LogP contribution is -2.54. The van der Waals surface area contributed by atoms with Gasteiger partial charge >= 0.3 is 0 Å². The Bertz CT molecular complexity index is 1440. The lowest BCUT2D eigenvalue weighted by molar-refractivity contribution is -0.140. The van der Waals surface area contributed by atoms with Gasteiger partial charge in [0.1, 0.15) is 18.3 Å². The summed E-state index contributed by atoms with van der Waals surface area (Å²) in [6.07, 6.45) is 5.56. The molecular formula is C33H41N3O5S. The molecular weight excluding hydrogens is 550 g/mol. The van der Waals surface area contributed by atoms with Crippen LogP contribution in [0.1, 0.15) is 56.6 Å².